The molecule has 102 valence electrons. The van der Waals surface area contributed by atoms with Gasteiger partial charge in [0.05, 0.1) is 23.2 Å². The van der Waals surface area contributed by atoms with Crippen molar-refractivity contribution in [1.29, 1.82) is 5.26 Å². The summed E-state index contributed by atoms with van der Waals surface area (Å²) in [4.78, 5) is 12.7. The van der Waals surface area contributed by atoms with Gasteiger partial charge in [-0.1, -0.05) is 12.1 Å². The molecule has 6 heteroatoms. The number of hydrogen-bond donors (Lipinski definition) is 2. The molecule has 0 aliphatic carbocycles. The largest absolute Gasteiger partial charge is 0.495 e. The van der Waals surface area contributed by atoms with Gasteiger partial charge in [0.1, 0.15) is 16.8 Å². The molecule has 3 N–H and O–H groups in total. The molecule has 1 aromatic heterocycles. The fraction of sp³-hybridized carbons (Fsp3) is 0.143. The van der Waals surface area contributed by atoms with E-state index >= 15 is 0 Å². The number of carbonyl (C=O) groups is 1. The van der Waals surface area contributed by atoms with Gasteiger partial charge in [-0.05, 0) is 24.6 Å². The molecule has 0 saturated heterocycles. The van der Waals surface area contributed by atoms with Gasteiger partial charge in [-0.25, -0.2) is 0 Å². The highest BCUT2D eigenvalue weighted by molar-refractivity contribution is 7.18. The number of nitrogens with zero attached hydrogens (tertiary/aromatic N) is 1. The smallest absolute Gasteiger partial charge is 0.266 e. The Labute approximate surface area is 120 Å². The minimum absolute atomic E-state index is 0.301. The minimum atomic E-state index is -0.301. The predicted octanol–water partition coefficient (Wildman–Crippen LogP) is 2.77. The van der Waals surface area contributed by atoms with E-state index in [1.54, 1.807) is 25.1 Å². The minimum Gasteiger partial charge on any atom is -0.495 e. The van der Waals surface area contributed by atoms with Crippen LogP contribution in [0.15, 0.2) is 24.3 Å². The average Bonchev–Trinajstić information content (AvgIpc) is 2.74. The van der Waals surface area contributed by atoms with E-state index in [4.69, 9.17) is 15.7 Å². The summed E-state index contributed by atoms with van der Waals surface area (Å²) in [7, 11) is 1.53. The summed E-state index contributed by atoms with van der Waals surface area (Å²) in [6.45, 7) is 1.71. The van der Waals surface area contributed by atoms with Crippen LogP contribution in [-0.4, -0.2) is 13.0 Å². The zero-order chi connectivity index (χ0) is 14.7. The normalized spacial score (nSPS) is 9.85. The van der Waals surface area contributed by atoms with Gasteiger partial charge in [0.15, 0.2) is 0 Å². The van der Waals surface area contributed by atoms with Gasteiger partial charge in [0.2, 0.25) is 0 Å². The van der Waals surface area contributed by atoms with Gasteiger partial charge in [-0.2, -0.15) is 5.26 Å². The fourth-order valence-electron chi connectivity index (χ4n) is 1.82. The second-order valence-electron chi connectivity index (χ2n) is 4.06. The second kappa shape index (κ2) is 5.63. The lowest BCUT2D eigenvalue weighted by Crippen LogP contribution is -2.12. The Kier molecular flexibility index (Phi) is 3.91. The van der Waals surface area contributed by atoms with Crippen LogP contribution in [0.4, 0.5) is 10.7 Å². The van der Waals surface area contributed by atoms with Crippen molar-refractivity contribution in [3.05, 3.63) is 40.3 Å². The van der Waals surface area contributed by atoms with E-state index in [0.29, 0.717) is 32.4 Å². The van der Waals surface area contributed by atoms with E-state index in [0.717, 1.165) is 11.3 Å². The summed E-state index contributed by atoms with van der Waals surface area (Å²) in [5.74, 6) is 0.272. The van der Waals surface area contributed by atoms with Gasteiger partial charge in [-0.3, -0.25) is 4.79 Å². The van der Waals surface area contributed by atoms with E-state index in [9.17, 15) is 4.79 Å². The van der Waals surface area contributed by atoms with Crippen molar-refractivity contribution < 1.29 is 9.53 Å². The first kappa shape index (κ1) is 13.9. The molecule has 0 atom stereocenters. The number of benzene rings is 1. The van der Waals surface area contributed by atoms with E-state index in [-0.39, 0.29) is 5.91 Å². The molecular formula is C14H13N3O2S. The summed E-state index contributed by atoms with van der Waals surface area (Å²) in [5, 5.41) is 12.1. The van der Waals surface area contributed by atoms with Crippen molar-refractivity contribution in [2.24, 2.45) is 0 Å². The maximum absolute atomic E-state index is 12.3. The summed E-state index contributed by atoms with van der Waals surface area (Å²) in [6, 6.07) is 9.12. The number of nitrogen functional groups attached to an aromatic ring is 1. The fourth-order valence-corrected chi connectivity index (χ4v) is 2.74. The summed E-state index contributed by atoms with van der Waals surface area (Å²) < 4.78 is 5.17. The number of rotatable bonds is 3. The Morgan fingerprint density at radius 2 is 2.15 bits per heavy atom. The molecule has 20 heavy (non-hydrogen) atoms. The number of carbonyl (C=O) groups excluding carboxylic acids is 1. The third-order valence-corrected chi connectivity index (χ3v) is 3.97. The third-order valence-electron chi connectivity index (χ3n) is 2.85. The molecule has 1 amide bonds. The lowest BCUT2D eigenvalue weighted by Gasteiger charge is -2.09. The van der Waals surface area contributed by atoms with Crippen LogP contribution in [0.25, 0.3) is 0 Å². The maximum Gasteiger partial charge on any atom is 0.266 e. The highest BCUT2D eigenvalue weighted by Crippen LogP contribution is 2.31. The van der Waals surface area contributed by atoms with Crippen LogP contribution in [0.3, 0.4) is 0 Å². The van der Waals surface area contributed by atoms with Crippen LogP contribution in [0.5, 0.6) is 5.75 Å². The number of amides is 1. The Hall–Kier alpha value is -2.52. The molecule has 0 fully saturated rings. The standard InChI is InChI=1S/C14H13N3O2S/c1-8-9(7-15)13(16)20-12(8)14(18)17-10-5-3-4-6-11(10)19-2/h3-6H,16H2,1-2H3,(H,17,18). The van der Waals surface area contributed by atoms with E-state index in [1.165, 1.54) is 7.11 Å². The van der Waals surface area contributed by atoms with Crippen LogP contribution in [0.2, 0.25) is 0 Å². The quantitative estimate of drug-likeness (QED) is 0.908. The molecule has 2 rings (SSSR count). The van der Waals surface area contributed by atoms with Crippen molar-refractivity contribution in [3.63, 3.8) is 0 Å². The van der Waals surface area contributed by atoms with Gasteiger partial charge >= 0.3 is 0 Å². The predicted molar refractivity (Wildman–Crippen MR) is 79.1 cm³/mol. The van der Waals surface area contributed by atoms with Gasteiger partial charge in [0.25, 0.3) is 5.91 Å². The Bertz CT molecular complexity index is 701. The van der Waals surface area contributed by atoms with E-state index in [2.05, 4.69) is 5.32 Å². The zero-order valence-corrected chi connectivity index (χ0v) is 11.9. The molecule has 0 saturated carbocycles. The zero-order valence-electron chi connectivity index (χ0n) is 11.1. The Balaban J connectivity index is 2.32. The Morgan fingerprint density at radius 3 is 2.75 bits per heavy atom. The molecular weight excluding hydrogens is 274 g/mol. The molecule has 0 unspecified atom stereocenters. The lowest BCUT2D eigenvalue weighted by atomic mass is 10.1. The van der Waals surface area contributed by atoms with E-state index in [1.807, 2.05) is 12.1 Å². The monoisotopic (exact) mass is 287 g/mol. The highest BCUT2D eigenvalue weighted by Gasteiger charge is 2.19. The van der Waals surface area contributed by atoms with Gasteiger partial charge < -0.3 is 15.8 Å². The van der Waals surface area contributed by atoms with E-state index < -0.39 is 0 Å². The van der Waals surface area contributed by atoms with Crippen molar-refractivity contribution in [2.75, 3.05) is 18.2 Å². The number of para-hydroxylation sites is 2. The first-order valence-corrected chi connectivity index (χ1v) is 6.63. The van der Waals surface area contributed by atoms with Gasteiger partial charge in [0, 0.05) is 0 Å². The van der Waals surface area contributed by atoms with Crippen molar-refractivity contribution in [3.8, 4) is 11.8 Å². The SMILES string of the molecule is COc1ccccc1NC(=O)c1sc(N)c(C#N)c1C. The summed E-state index contributed by atoms with van der Waals surface area (Å²) >= 11 is 1.11. The number of hydrogen-bond acceptors (Lipinski definition) is 5. The Morgan fingerprint density at radius 1 is 1.45 bits per heavy atom. The number of nitriles is 1. The van der Waals surface area contributed by atoms with Crippen LogP contribution < -0.4 is 15.8 Å². The highest BCUT2D eigenvalue weighted by atomic mass is 32.1. The summed E-state index contributed by atoms with van der Waals surface area (Å²) in [6.07, 6.45) is 0. The molecule has 0 aliphatic heterocycles. The number of nitrogens with one attached hydrogen (secondary N) is 1. The van der Waals surface area contributed by atoms with Crippen molar-refractivity contribution in [1.82, 2.24) is 0 Å². The molecule has 0 radical (unpaired) electrons. The van der Waals surface area contributed by atoms with Crippen molar-refractivity contribution in [2.45, 2.75) is 6.92 Å². The average molecular weight is 287 g/mol. The van der Waals surface area contributed by atoms with Crippen molar-refractivity contribution >= 4 is 27.9 Å². The molecule has 0 aliphatic rings. The first-order chi connectivity index (χ1) is 9.58. The van der Waals surface area contributed by atoms with Crippen LogP contribution >= 0.6 is 11.3 Å². The topological polar surface area (TPSA) is 88.1 Å². The maximum atomic E-state index is 12.3. The lowest BCUT2D eigenvalue weighted by molar-refractivity contribution is 0.102. The third kappa shape index (κ3) is 2.44. The molecule has 0 spiro atoms. The molecule has 0 bridgehead atoms. The molecule has 2 aromatic rings. The molecule has 1 heterocycles. The number of ether oxygens (including phenoxy) is 1. The molecule has 5 nitrogen and oxygen atoms in total. The van der Waals surface area contributed by atoms with Gasteiger partial charge in [-0.15, -0.1) is 11.3 Å². The number of thiophene rings is 1. The second-order valence-corrected chi connectivity index (χ2v) is 5.11. The van der Waals surface area contributed by atoms with Crippen LogP contribution in [0, 0.1) is 18.3 Å². The van der Waals surface area contributed by atoms with Crippen LogP contribution in [0.1, 0.15) is 20.8 Å². The number of anilines is 2. The first-order valence-electron chi connectivity index (χ1n) is 5.81. The van der Waals surface area contributed by atoms with Crippen LogP contribution in [-0.2, 0) is 0 Å². The molecule has 1 aromatic carbocycles. The number of nitrogens with two attached hydrogens (primary N) is 1. The number of methoxy groups -OCH3 is 1. The summed E-state index contributed by atoms with van der Waals surface area (Å²) in [5.41, 5.74) is 7.27.